The van der Waals surface area contributed by atoms with Crippen LogP contribution in [-0.2, 0) is 17.9 Å². The highest BCUT2D eigenvalue weighted by Gasteiger charge is 2.13. The lowest BCUT2D eigenvalue weighted by atomic mass is 10.2. The maximum absolute atomic E-state index is 13.6. The van der Waals surface area contributed by atoms with Crippen LogP contribution in [0.3, 0.4) is 0 Å². The van der Waals surface area contributed by atoms with Crippen LogP contribution in [0.5, 0.6) is 0 Å². The second-order valence-electron chi connectivity index (χ2n) is 6.79. The zero-order valence-corrected chi connectivity index (χ0v) is 16.6. The molecule has 2 aromatic carbocycles. The Balaban J connectivity index is 1.45. The average molecular weight is 428 g/mol. The number of ether oxygens (including phenoxy) is 1. The minimum atomic E-state index is -0.953. The first-order chi connectivity index (χ1) is 14.5. The summed E-state index contributed by atoms with van der Waals surface area (Å²) in [7, 11) is 0. The van der Waals surface area contributed by atoms with Crippen LogP contribution in [0.2, 0.25) is 0 Å². The number of fused-ring (bicyclic) bond motifs is 1. The van der Waals surface area contributed by atoms with E-state index in [1.54, 1.807) is 36.4 Å². The summed E-state index contributed by atoms with van der Waals surface area (Å²) in [5.41, 5.74) is 1.47. The smallest absolute Gasteiger partial charge is 0.271 e. The monoisotopic (exact) mass is 428 g/mol. The van der Waals surface area contributed by atoms with Crippen LogP contribution >= 0.6 is 11.3 Å². The highest BCUT2D eigenvalue weighted by molar-refractivity contribution is 7.22. The van der Waals surface area contributed by atoms with E-state index in [0.29, 0.717) is 15.8 Å². The predicted octanol–water partition coefficient (Wildman–Crippen LogP) is 3.98. The number of aromatic nitrogens is 2. The molecule has 0 bridgehead atoms. The third-order valence-corrected chi connectivity index (χ3v) is 5.73. The molecule has 5 nitrogen and oxygen atoms in total. The molecule has 0 spiro atoms. The van der Waals surface area contributed by atoms with Gasteiger partial charge < -0.3 is 9.84 Å². The number of aliphatic hydroxyl groups is 1. The van der Waals surface area contributed by atoms with Crippen molar-refractivity contribution in [2.45, 2.75) is 19.3 Å². The minimum absolute atomic E-state index is 0.00280. The number of rotatable bonds is 7. The number of nitrogens with zero attached hydrogens (tertiary/aromatic N) is 2. The molecule has 1 N–H and O–H groups in total. The van der Waals surface area contributed by atoms with E-state index in [1.807, 2.05) is 0 Å². The average Bonchev–Trinajstić information content (AvgIpc) is 3.17. The Kier molecular flexibility index (Phi) is 5.98. The summed E-state index contributed by atoms with van der Waals surface area (Å²) in [6, 6.07) is 14.1. The summed E-state index contributed by atoms with van der Waals surface area (Å²) >= 11 is 1.27. The molecular formula is C22H18F2N2O3S. The van der Waals surface area contributed by atoms with Crippen LogP contribution in [-0.4, -0.2) is 27.4 Å². The molecule has 1 atom stereocenters. The number of thiophene rings is 1. The third-order valence-electron chi connectivity index (χ3n) is 4.57. The molecular weight excluding hydrogens is 410 g/mol. The van der Waals surface area contributed by atoms with Crippen molar-refractivity contribution >= 4 is 21.6 Å². The van der Waals surface area contributed by atoms with Crippen LogP contribution < -0.4 is 5.56 Å². The fraction of sp³-hybridized carbons (Fsp3) is 0.182. The Bertz CT molecular complexity index is 1220. The van der Waals surface area contributed by atoms with Gasteiger partial charge in [0.1, 0.15) is 16.3 Å². The Labute approximate surface area is 174 Å². The van der Waals surface area contributed by atoms with Gasteiger partial charge in [-0.15, -0.1) is 11.3 Å². The third kappa shape index (κ3) is 4.46. The first kappa shape index (κ1) is 20.3. The van der Waals surface area contributed by atoms with Gasteiger partial charge in [-0.2, -0.15) is 0 Å². The van der Waals surface area contributed by atoms with Gasteiger partial charge in [0.05, 0.1) is 37.7 Å². The number of halogens is 2. The summed E-state index contributed by atoms with van der Waals surface area (Å²) in [5, 5.41) is 10.2. The molecule has 0 aliphatic heterocycles. The van der Waals surface area contributed by atoms with Crippen molar-refractivity contribution in [3.63, 3.8) is 0 Å². The van der Waals surface area contributed by atoms with Crippen LogP contribution in [0.1, 0.15) is 5.56 Å². The van der Waals surface area contributed by atoms with Crippen molar-refractivity contribution in [3.05, 3.63) is 88.5 Å². The first-order valence-corrected chi connectivity index (χ1v) is 10.1. The molecule has 4 aromatic rings. The van der Waals surface area contributed by atoms with Gasteiger partial charge in [0.2, 0.25) is 0 Å². The van der Waals surface area contributed by atoms with Crippen molar-refractivity contribution in [2.24, 2.45) is 0 Å². The van der Waals surface area contributed by atoms with E-state index in [9.17, 15) is 18.7 Å². The van der Waals surface area contributed by atoms with E-state index in [1.165, 1.54) is 40.4 Å². The summed E-state index contributed by atoms with van der Waals surface area (Å²) in [6.07, 6.45) is 0.427. The summed E-state index contributed by atoms with van der Waals surface area (Å²) in [5.74, 6) is -0.695. The van der Waals surface area contributed by atoms with Gasteiger partial charge >= 0.3 is 0 Å². The predicted molar refractivity (Wildman–Crippen MR) is 111 cm³/mol. The second kappa shape index (κ2) is 8.83. The first-order valence-electron chi connectivity index (χ1n) is 9.25. The van der Waals surface area contributed by atoms with Gasteiger partial charge in [0.25, 0.3) is 5.56 Å². The Morgan fingerprint density at radius 2 is 1.90 bits per heavy atom. The zero-order valence-electron chi connectivity index (χ0n) is 15.8. The largest absolute Gasteiger partial charge is 0.389 e. The molecule has 0 saturated heterocycles. The van der Waals surface area contributed by atoms with E-state index in [0.717, 1.165) is 10.4 Å². The molecule has 0 unspecified atom stereocenters. The maximum Gasteiger partial charge on any atom is 0.271 e. The van der Waals surface area contributed by atoms with E-state index in [2.05, 4.69) is 4.98 Å². The Hall–Kier alpha value is -2.94. The highest BCUT2D eigenvalue weighted by Crippen LogP contribution is 2.30. The summed E-state index contributed by atoms with van der Waals surface area (Å²) in [6.45, 7) is -0.0191. The molecule has 0 aliphatic carbocycles. The normalized spacial score (nSPS) is 12.4. The topological polar surface area (TPSA) is 64.4 Å². The lowest BCUT2D eigenvalue weighted by molar-refractivity contribution is 0.0189. The number of benzene rings is 2. The molecule has 0 aliphatic rings. The van der Waals surface area contributed by atoms with Crippen LogP contribution in [0.4, 0.5) is 8.78 Å². The molecule has 0 saturated carbocycles. The number of hydrogen-bond acceptors (Lipinski definition) is 5. The van der Waals surface area contributed by atoms with Crippen molar-refractivity contribution in [3.8, 4) is 10.4 Å². The molecule has 0 radical (unpaired) electrons. The minimum Gasteiger partial charge on any atom is -0.389 e. The highest BCUT2D eigenvalue weighted by atomic mass is 32.1. The Morgan fingerprint density at radius 1 is 1.13 bits per heavy atom. The van der Waals surface area contributed by atoms with Crippen LogP contribution in [0.25, 0.3) is 20.7 Å². The van der Waals surface area contributed by atoms with E-state index < -0.39 is 6.10 Å². The van der Waals surface area contributed by atoms with E-state index >= 15 is 0 Å². The van der Waals surface area contributed by atoms with Crippen LogP contribution in [0.15, 0.2) is 65.7 Å². The second-order valence-corrected chi connectivity index (χ2v) is 7.85. The van der Waals surface area contributed by atoms with E-state index in [4.69, 9.17) is 4.74 Å². The van der Waals surface area contributed by atoms with Gasteiger partial charge in [-0.25, -0.2) is 13.8 Å². The SMILES string of the molecule is O=c1c2sc(-c3ccc(F)cc3)cc2ncn1C[C@@H](O)COCc1ccccc1F. The van der Waals surface area contributed by atoms with Gasteiger partial charge in [0.15, 0.2) is 0 Å². The van der Waals surface area contributed by atoms with Crippen molar-refractivity contribution in [1.82, 2.24) is 9.55 Å². The van der Waals surface area contributed by atoms with Gasteiger partial charge in [-0.3, -0.25) is 9.36 Å². The molecule has 0 amide bonds. The maximum atomic E-state index is 13.6. The molecule has 154 valence electrons. The van der Waals surface area contributed by atoms with Gasteiger partial charge in [-0.05, 0) is 29.8 Å². The van der Waals surface area contributed by atoms with Crippen LogP contribution in [0, 0.1) is 11.6 Å². The van der Waals surface area contributed by atoms with Crippen molar-refractivity contribution in [1.29, 1.82) is 0 Å². The lowest BCUT2D eigenvalue weighted by Gasteiger charge is -2.13. The molecule has 2 aromatic heterocycles. The van der Waals surface area contributed by atoms with Crippen molar-refractivity contribution in [2.75, 3.05) is 6.61 Å². The molecule has 0 fully saturated rings. The quantitative estimate of drug-likeness (QED) is 0.484. The van der Waals surface area contributed by atoms with Crippen molar-refractivity contribution < 1.29 is 18.6 Å². The summed E-state index contributed by atoms with van der Waals surface area (Å²) in [4.78, 5) is 17.9. The summed E-state index contributed by atoms with van der Waals surface area (Å²) < 4.78 is 33.9. The Morgan fingerprint density at radius 3 is 2.67 bits per heavy atom. The van der Waals surface area contributed by atoms with Gasteiger partial charge in [0, 0.05) is 10.4 Å². The zero-order chi connectivity index (χ0) is 21.1. The lowest BCUT2D eigenvalue weighted by Crippen LogP contribution is -2.29. The number of aliphatic hydroxyl groups excluding tert-OH is 1. The van der Waals surface area contributed by atoms with Gasteiger partial charge in [-0.1, -0.05) is 30.3 Å². The molecule has 4 rings (SSSR count). The fourth-order valence-corrected chi connectivity index (χ4v) is 4.10. The molecule has 2 heterocycles. The molecule has 30 heavy (non-hydrogen) atoms. The molecule has 8 heteroatoms. The number of hydrogen-bond donors (Lipinski definition) is 1. The van der Waals surface area contributed by atoms with E-state index in [-0.39, 0.29) is 37.0 Å². The standard InChI is InChI=1S/C22H18F2N2O3S/c23-16-7-5-14(6-8-16)20-9-19-21(30-20)22(28)26(13-25-19)10-17(27)12-29-11-15-3-1-2-4-18(15)24/h1-9,13,17,27H,10-12H2/t17-/m1/s1. The fourth-order valence-electron chi connectivity index (χ4n) is 3.03.